The molecular weight excluding hydrogens is 205 g/mol. The van der Waals surface area contributed by atoms with Crippen LogP contribution >= 0.6 is 23.2 Å². The molecule has 0 aliphatic heterocycles. The second-order valence-electron chi connectivity index (χ2n) is 3.44. The topological polar surface area (TPSA) is 26.0 Å². The predicted octanol–water partition coefficient (Wildman–Crippen LogP) is 3.65. The molecule has 1 atom stereocenters. The molecule has 3 heteroatoms. The minimum absolute atomic E-state index is 0.0498. The highest BCUT2D eigenvalue weighted by molar-refractivity contribution is 6.33. The Kier molecular flexibility index (Phi) is 3.60. The maximum absolute atomic E-state index is 6.00. The van der Waals surface area contributed by atoms with Gasteiger partial charge in [-0.2, -0.15) is 0 Å². The number of rotatable bonds is 2. The van der Waals surface area contributed by atoms with Crippen LogP contribution in [0.25, 0.3) is 0 Å². The van der Waals surface area contributed by atoms with Gasteiger partial charge in [0.2, 0.25) is 0 Å². The summed E-state index contributed by atoms with van der Waals surface area (Å²) in [5, 5.41) is 1.36. The largest absolute Gasteiger partial charge is 0.324 e. The van der Waals surface area contributed by atoms with Crippen molar-refractivity contribution in [3.05, 3.63) is 33.8 Å². The molecule has 1 aromatic rings. The lowest BCUT2D eigenvalue weighted by Crippen LogP contribution is -2.17. The monoisotopic (exact) mass is 217 g/mol. The summed E-state index contributed by atoms with van der Waals surface area (Å²) < 4.78 is 0. The van der Waals surface area contributed by atoms with Crippen LogP contribution in [0, 0.1) is 5.92 Å². The number of halogens is 2. The molecule has 0 saturated carbocycles. The van der Waals surface area contributed by atoms with E-state index in [1.165, 1.54) is 0 Å². The lowest BCUT2D eigenvalue weighted by Gasteiger charge is -2.17. The summed E-state index contributed by atoms with van der Waals surface area (Å²) in [6.45, 7) is 4.11. The van der Waals surface area contributed by atoms with Gasteiger partial charge >= 0.3 is 0 Å². The van der Waals surface area contributed by atoms with Gasteiger partial charge in [0.25, 0.3) is 0 Å². The van der Waals surface area contributed by atoms with Crippen LogP contribution in [-0.4, -0.2) is 0 Å². The van der Waals surface area contributed by atoms with Crippen molar-refractivity contribution in [1.82, 2.24) is 0 Å². The van der Waals surface area contributed by atoms with E-state index in [4.69, 9.17) is 28.9 Å². The Labute approximate surface area is 88.8 Å². The van der Waals surface area contributed by atoms with Gasteiger partial charge in [-0.15, -0.1) is 0 Å². The van der Waals surface area contributed by atoms with Gasteiger partial charge in [-0.05, 0) is 29.7 Å². The predicted molar refractivity (Wildman–Crippen MR) is 58.2 cm³/mol. The Morgan fingerprint density at radius 2 is 1.85 bits per heavy atom. The van der Waals surface area contributed by atoms with Crippen LogP contribution in [-0.2, 0) is 0 Å². The quantitative estimate of drug-likeness (QED) is 0.805. The van der Waals surface area contributed by atoms with Crippen molar-refractivity contribution in [1.29, 1.82) is 0 Å². The zero-order valence-electron chi connectivity index (χ0n) is 7.72. The maximum Gasteiger partial charge on any atom is 0.0454 e. The van der Waals surface area contributed by atoms with Gasteiger partial charge < -0.3 is 5.73 Å². The summed E-state index contributed by atoms with van der Waals surface area (Å²) in [5.74, 6) is 0.357. The van der Waals surface area contributed by atoms with E-state index in [-0.39, 0.29) is 6.04 Å². The van der Waals surface area contributed by atoms with E-state index in [9.17, 15) is 0 Å². The van der Waals surface area contributed by atoms with Gasteiger partial charge in [0.05, 0.1) is 0 Å². The smallest absolute Gasteiger partial charge is 0.0454 e. The molecule has 0 fully saturated rings. The highest BCUT2D eigenvalue weighted by atomic mass is 35.5. The van der Waals surface area contributed by atoms with Gasteiger partial charge in [0.15, 0.2) is 0 Å². The first-order valence-electron chi connectivity index (χ1n) is 4.23. The van der Waals surface area contributed by atoms with E-state index in [0.29, 0.717) is 16.0 Å². The minimum Gasteiger partial charge on any atom is -0.324 e. The Bertz CT molecular complexity index is 297. The number of nitrogens with two attached hydrogens (primary N) is 1. The summed E-state index contributed by atoms with van der Waals surface area (Å²) in [5.41, 5.74) is 6.88. The molecule has 0 unspecified atom stereocenters. The Hall–Kier alpha value is -0.240. The van der Waals surface area contributed by atoms with E-state index in [1.807, 2.05) is 6.07 Å². The van der Waals surface area contributed by atoms with Gasteiger partial charge in [0.1, 0.15) is 0 Å². The van der Waals surface area contributed by atoms with E-state index in [2.05, 4.69) is 13.8 Å². The third-order valence-corrected chi connectivity index (χ3v) is 2.61. The first-order chi connectivity index (χ1) is 6.02. The molecule has 0 aromatic heterocycles. The van der Waals surface area contributed by atoms with E-state index < -0.39 is 0 Å². The fraction of sp³-hybridized carbons (Fsp3) is 0.400. The van der Waals surface area contributed by atoms with Crippen molar-refractivity contribution in [2.24, 2.45) is 11.7 Å². The molecule has 0 amide bonds. The molecule has 1 aromatic carbocycles. The van der Waals surface area contributed by atoms with Crippen molar-refractivity contribution in [3.8, 4) is 0 Å². The van der Waals surface area contributed by atoms with E-state index >= 15 is 0 Å². The van der Waals surface area contributed by atoms with Crippen LogP contribution in [0.5, 0.6) is 0 Å². The van der Waals surface area contributed by atoms with Crippen LogP contribution < -0.4 is 5.73 Å². The number of hydrogen-bond acceptors (Lipinski definition) is 1. The van der Waals surface area contributed by atoms with Crippen molar-refractivity contribution in [2.75, 3.05) is 0 Å². The molecule has 0 bridgehead atoms. The molecule has 13 heavy (non-hydrogen) atoms. The summed E-state index contributed by atoms with van der Waals surface area (Å²) in [4.78, 5) is 0. The molecule has 0 saturated heterocycles. The lowest BCUT2D eigenvalue weighted by molar-refractivity contribution is 0.514. The Balaban J connectivity index is 3.05. The van der Waals surface area contributed by atoms with Crippen LogP contribution in [0.3, 0.4) is 0 Å². The lowest BCUT2D eigenvalue weighted by atomic mass is 9.97. The third kappa shape index (κ3) is 2.60. The van der Waals surface area contributed by atoms with Gasteiger partial charge in [-0.3, -0.25) is 0 Å². The number of hydrogen-bond donors (Lipinski definition) is 1. The fourth-order valence-corrected chi connectivity index (χ4v) is 1.55. The molecule has 1 nitrogen and oxygen atoms in total. The highest BCUT2D eigenvalue weighted by Gasteiger charge is 2.13. The Morgan fingerprint density at radius 1 is 1.23 bits per heavy atom. The van der Waals surface area contributed by atoms with Crippen LogP contribution in [0.15, 0.2) is 18.2 Å². The number of benzene rings is 1. The molecule has 0 aliphatic carbocycles. The molecule has 1 rings (SSSR count). The third-order valence-electron chi connectivity index (χ3n) is 2.04. The van der Waals surface area contributed by atoms with Gasteiger partial charge in [-0.1, -0.05) is 37.0 Å². The first-order valence-corrected chi connectivity index (χ1v) is 4.98. The molecular formula is C10H13Cl2N. The van der Waals surface area contributed by atoms with Crippen molar-refractivity contribution in [2.45, 2.75) is 19.9 Å². The Morgan fingerprint density at radius 3 is 2.38 bits per heavy atom. The van der Waals surface area contributed by atoms with Crippen LogP contribution in [0.2, 0.25) is 10.0 Å². The average molecular weight is 218 g/mol. The average Bonchev–Trinajstić information content (AvgIpc) is 2.08. The van der Waals surface area contributed by atoms with Gasteiger partial charge in [-0.25, -0.2) is 0 Å². The molecule has 2 N–H and O–H groups in total. The zero-order valence-corrected chi connectivity index (χ0v) is 9.23. The molecule has 0 spiro atoms. The summed E-state index contributed by atoms with van der Waals surface area (Å²) >= 11 is 11.8. The van der Waals surface area contributed by atoms with E-state index in [1.54, 1.807) is 12.1 Å². The maximum atomic E-state index is 6.00. The normalized spacial score (nSPS) is 13.4. The summed E-state index contributed by atoms with van der Waals surface area (Å²) in [6.07, 6.45) is 0. The molecule has 0 heterocycles. The van der Waals surface area contributed by atoms with Crippen molar-refractivity contribution < 1.29 is 0 Å². The van der Waals surface area contributed by atoms with Crippen LogP contribution in [0.1, 0.15) is 25.5 Å². The van der Waals surface area contributed by atoms with Crippen LogP contribution in [0.4, 0.5) is 0 Å². The zero-order chi connectivity index (χ0) is 10.0. The SMILES string of the molecule is CC(C)[C@H](N)c1cc(Cl)ccc1Cl. The summed E-state index contributed by atoms with van der Waals surface area (Å²) in [6, 6.07) is 5.32. The van der Waals surface area contributed by atoms with E-state index in [0.717, 1.165) is 5.56 Å². The first kappa shape index (κ1) is 10.8. The molecule has 0 aliphatic rings. The summed E-state index contributed by atoms with van der Waals surface area (Å²) in [7, 11) is 0. The van der Waals surface area contributed by atoms with Crippen molar-refractivity contribution in [3.63, 3.8) is 0 Å². The van der Waals surface area contributed by atoms with Crippen molar-refractivity contribution >= 4 is 23.2 Å². The molecule has 72 valence electrons. The molecule has 0 radical (unpaired) electrons. The standard InChI is InChI=1S/C10H13Cl2N/c1-6(2)10(13)8-5-7(11)3-4-9(8)12/h3-6,10H,13H2,1-2H3/t10-/m0/s1. The highest BCUT2D eigenvalue weighted by Crippen LogP contribution is 2.28. The fourth-order valence-electron chi connectivity index (χ4n) is 1.13. The van der Waals surface area contributed by atoms with Gasteiger partial charge in [0, 0.05) is 16.1 Å². The minimum atomic E-state index is -0.0498. The second kappa shape index (κ2) is 4.32. The second-order valence-corrected chi connectivity index (χ2v) is 4.28.